The van der Waals surface area contributed by atoms with Crippen molar-refractivity contribution >= 4 is 0 Å². The molecular formula is C9H14N6. The molecule has 0 amide bonds. The third kappa shape index (κ3) is 1.63. The van der Waals surface area contributed by atoms with E-state index in [0.29, 0.717) is 0 Å². The molecule has 80 valence electrons. The second-order valence-corrected chi connectivity index (χ2v) is 3.60. The number of nitrogens with zero attached hydrogens (tertiary/aromatic N) is 5. The summed E-state index contributed by atoms with van der Waals surface area (Å²) in [6.07, 6.45) is 3.60. The zero-order valence-corrected chi connectivity index (χ0v) is 9.05. The third-order valence-corrected chi connectivity index (χ3v) is 2.45. The topological polar surface area (TPSA) is 74.6 Å². The lowest BCUT2D eigenvalue weighted by Crippen LogP contribution is -2.16. The Kier molecular flexibility index (Phi) is 2.28. The van der Waals surface area contributed by atoms with E-state index in [4.69, 9.17) is 5.73 Å². The molecular weight excluding hydrogens is 192 g/mol. The first-order valence-corrected chi connectivity index (χ1v) is 4.70. The van der Waals surface area contributed by atoms with E-state index in [2.05, 4.69) is 15.4 Å². The van der Waals surface area contributed by atoms with Gasteiger partial charge in [0.2, 0.25) is 0 Å². The largest absolute Gasteiger partial charge is 0.319 e. The Morgan fingerprint density at radius 1 is 1.40 bits per heavy atom. The minimum atomic E-state index is -0.223. The molecule has 0 spiro atoms. The summed E-state index contributed by atoms with van der Waals surface area (Å²) in [6.45, 7) is 1.94. The van der Waals surface area contributed by atoms with Crippen LogP contribution in [0.5, 0.6) is 0 Å². The lowest BCUT2D eigenvalue weighted by Gasteiger charge is -2.09. The highest BCUT2D eigenvalue weighted by atomic mass is 15.4. The van der Waals surface area contributed by atoms with E-state index < -0.39 is 0 Å². The van der Waals surface area contributed by atoms with Gasteiger partial charge in [0.25, 0.3) is 0 Å². The Morgan fingerprint density at radius 2 is 2.13 bits per heavy atom. The Balaban J connectivity index is 2.40. The van der Waals surface area contributed by atoms with E-state index in [-0.39, 0.29) is 6.04 Å². The highest BCUT2D eigenvalue weighted by Crippen LogP contribution is 2.20. The van der Waals surface area contributed by atoms with Crippen LogP contribution in [0, 0.1) is 6.92 Å². The van der Waals surface area contributed by atoms with Crippen molar-refractivity contribution in [3.05, 3.63) is 29.3 Å². The molecule has 6 heteroatoms. The van der Waals surface area contributed by atoms with Crippen LogP contribution in [0.15, 0.2) is 12.4 Å². The van der Waals surface area contributed by atoms with Crippen LogP contribution in [0.2, 0.25) is 0 Å². The lowest BCUT2D eigenvalue weighted by atomic mass is 10.1. The Hall–Kier alpha value is -1.69. The van der Waals surface area contributed by atoms with Crippen LogP contribution in [-0.2, 0) is 14.1 Å². The standard InChI is InChI=1S/C9H14N6/c1-6-7(5-14(2)12-6)9(10)8-4-11-13-15(8)3/h4-5,9H,10H2,1-3H3. The fourth-order valence-corrected chi connectivity index (χ4v) is 1.66. The van der Waals surface area contributed by atoms with E-state index in [1.807, 2.05) is 27.2 Å². The molecule has 0 fully saturated rings. The van der Waals surface area contributed by atoms with Crippen LogP contribution < -0.4 is 5.73 Å². The quantitative estimate of drug-likeness (QED) is 0.745. The summed E-state index contributed by atoms with van der Waals surface area (Å²) in [7, 11) is 3.71. The number of hydrogen-bond donors (Lipinski definition) is 1. The van der Waals surface area contributed by atoms with Crippen molar-refractivity contribution in [1.29, 1.82) is 0 Å². The lowest BCUT2D eigenvalue weighted by molar-refractivity contribution is 0.649. The van der Waals surface area contributed by atoms with Crippen molar-refractivity contribution in [2.75, 3.05) is 0 Å². The first kappa shape index (κ1) is 9.85. The number of hydrogen-bond acceptors (Lipinski definition) is 4. The Morgan fingerprint density at radius 3 is 2.60 bits per heavy atom. The van der Waals surface area contributed by atoms with Gasteiger partial charge in [0.05, 0.1) is 23.6 Å². The second-order valence-electron chi connectivity index (χ2n) is 3.60. The van der Waals surface area contributed by atoms with Crippen molar-refractivity contribution in [3.63, 3.8) is 0 Å². The van der Waals surface area contributed by atoms with Crippen molar-refractivity contribution in [2.24, 2.45) is 19.8 Å². The zero-order chi connectivity index (χ0) is 11.0. The molecule has 0 radical (unpaired) electrons. The number of aromatic nitrogens is 5. The smallest absolute Gasteiger partial charge is 0.0797 e. The minimum absolute atomic E-state index is 0.223. The van der Waals surface area contributed by atoms with Gasteiger partial charge in [0.15, 0.2) is 0 Å². The molecule has 0 saturated heterocycles. The summed E-state index contributed by atoms with van der Waals surface area (Å²) in [5.74, 6) is 0. The number of aryl methyl sites for hydroxylation is 3. The van der Waals surface area contributed by atoms with Gasteiger partial charge in [-0.25, -0.2) is 0 Å². The van der Waals surface area contributed by atoms with Crippen LogP contribution in [-0.4, -0.2) is 24.8 Å². The van der Waals surface area contributed by atoms with Crippen molar-refractivity contribution in [3.8, 4) is 0 Å². The summed E-state index contributed by atoms with van der Waals surface area (Å²) in [5, 5.41) is 11.9. The molecule has 2 rings (SSSR count). The van der Waals surface area contributed by atoms with Crippen LogP contribution in [0.3, 0.4) is 0 Å². The molecule has 15 heavy (non-hydrogen) atoms. The van der Waals surface area contributed by atoms with E-state index in [1.165, 1.54) is 0 Å². The van der Waals surface area contributed by atoms with Crippen LogP contribution >= 0.6 is 0 Å². The SMILES string of the molecule is Cc1nn(C)cc1C(N)c1cnnn1C. The Labute approximate surface area is 87.7 Å². The van der Waals surface area contributed by atoms with Gasteiger partial charge in [0, 0.05) is 25.9 Å². The fourth-order valence-electron chi connectivity index (χ4n) is 1.66. The normalized spacial score (nSPS) is 13.1. The molecule has 2 N–H and O–H groups in total. The van der Waals surface area contributed by atoms with Gasteiger partial charge in [-0.3, -0.25) is 9.36 Å². The van der Waals surface area contributed by atoms with Gasteiger partial charge in [-0.15, -0.1) is 5.10 Å². The molecule has 1 unspecified atom stereocenters. The van der Waals surface area contributed by atoms with Gasteiger partial charge >= 0.3 is 0 Å². The van der Waals surface area contributed by atoms with Gasteiger partial charge in [-0.1, -0.05) is 5.21 Å². The molecule has 2 aromatic rings. The molecule has 6 nitrogen and oxygen atoms in total. The number of nitrogens with two attached hydrogens (primary N) is 1. The molecule has 2 aromatic heterocycles. The molecule has 0 aliphatic rings. The van der Waals surface area contributed by atoms with Crippen molar-refractivity contribution in [1.82, 2.24) is 24.8 Å². The first-order chi connectivity index (χ1) is 7.09. The minimum Gasteiger partial charge on any atom is -0.319 e. The molecule has 0 aliphatic carbocycles. The highest BCUT2D eigenvalue weighted by molar-refractivity contribution is 5.27. The summed E-state index contributed by atoms with van der Waals surface area (Å²) < 4.78 is 3.44. The van der Waals surface area contributed by atoms with Crippen LogP contribution in [0.25, 0.3) is 0 Å². The van der Waals surface area contributed by atoms with Gasteiger partial charge in [-0.05, 0) is 6.92 Å². The fraction of sp³-hybridized carbons (Fsp3) is 0.444. The average molecular weight is 206 g/mol. The maximum Gasteiger partial charge on any atom is 0.0797 e. The van der Waals surface area contributed by atoms with E-state index >= 15 is 0 Å². The van der Waals surface area contributed by atoms with E-state index in [0.717, 1.165) is 17.0 Å². The van der Waals surface area contributed by atoms with Crippen molar-refractivity contribution in [2.45, 2.75) is 13.0 Å². The summed E-state index contributed by atoms with van der Waals surface area (Å²) in [6, 6.07) is -0.223. The van der Waals surface area contributed by atoms with Crippen LogP contribution in [0.1, 0.15) is 23.0 Å². The summed E-state index contributed by atoms with van der Waals surface area (Å²) >= 11 is 0. The monoisotopic (exact) mass is 206 g/mol. The molecule has 0 aromatic carbocycles. The Bertz CT molecular complexity index is 469. The predicted octanol–water partition coefficient (Wildman–Crippen LogP) is -0.0949. The van der Waals surface area contributed by atoms with E-state index in [9.17, 15) is 0 Å². The second kappa shape index (κ2) is 3.47. The van der Waals surface area contributed by atoms with Crippen LogP contribution in [0.4, 0.5) is 0 Å². The van der Waals surface area contributed by atoms with E-state index in [1.54, 1.807) is 15.6 Å². The molecule has 1 atom stereocenters. The molecule has 0 bridgehead atoms. The van der Waals surface area contributed by atoms with Crippen molar-refractivity contribution < 1.29 is 0 Å². The maximum absolute atomic E-state index is 6.12. The third-order valence-electron chi connectivity index (χ3n) is 2.45. The first-order valence-electron chi connectivity index (χ1n) is 4.70. The van der Waals surface area contributed by atoms with Gasteiger partial charge < -0.3 is 5.73 Å². The predicted molar refractivity (Wildman–Crippen MR) is 55.0 cm³/mol. The highest BCUT2D eigenvalue weighted by Gasteiger charge is 2.17. The summed E-state index contributed by atoms with van der Waals surface area (Å²) in [5.41, 5.74) is 8.94. The molecule has 0 saturated carbocycles. The molecule has 2 heterocycles. The average Bonchev–Trinajstić information content (AvgIpc) is 2.71. The number of rotatable bonds is 2. The van der Waals surface area contributed by atoms with Gasteiger partial charge in [0.1, 0.15) is 0 Å². The summed E-state index contributed by atoms with van der Waals surface area (Å²) in [4.78, 5) is 0. The maximum atomic E-state index is 6.12. The zero-order valence-electron chi connectivity index (χ0n) is 9.05. The van der Waals surface area contributed by atoms with Gasteiger partial charge in [-0.2, -0.15) is 5.10 Å². The molecule has 0 aliphatic heterocycles.